The van der Waals surface area contributed by atoms with Gasteiger partial charge in [-0.3, -0.25) is 0 Å². The van der Waals surface area contributed by atoms with E-state index in [0.717, 1.165) is 0 Å². The van der Waals surface area contributed by atoms with Gasteiger partial charge in [0.05, 0.1) is 15.1 Å². The monoisotopic (exact) mass is 270 g/mol. The molecule has 0 atom stereocenters. The summed E-state index contributed by atoms with van der Waals surface area (Å²) in [6.07, 6.45) is 0. The van der Waals surface area contributed by atoms with Crippen molar-refractivity contribution in [3.8, 4) is 5.75 Å². The molecule has 0 bridgehead atoms. The fraction of sp³-hybridized carbons (Fsp3) is 0. The normalized spacial score (nSPS) is 8.62. The Morgan fingerprint density at radius 2 is 1.38 bits per heavy atom. The molecule has 2 N–H and O–H groups in total. The van der Waals surface area contributed by atoms with E-state index in [2.05, 4.69) is 0 Å². The molecule has 13 heavy (non-hydrogen) atoms. The van der Waals surface area contributed by atoms with E-state index in [4.69, 9.17) is 46.4 Å². The average molecular weight is 272 g/mol. The molecule has 0 aliphatic heterocycles. The Labute approximate surface area is 117 Å². The van der Waals surface area contributed by atoms with Crippen molar-refractivity contribution < 1.29 is 40.1 Å². The summed E-state index contributed by atoms with van der Waals surface area (Å²) < 4.78 is 0. The van der Waals surface area contributed by atoms with Gasteiger partial charge in [-0.25, -0.2) is 0 Å². The smallest absolute Gasteiger partial charge is 0.870 e. The van der Waals surface area contributed by atoms with Crippen molar-refractivity contribution in [2.75, 3.05) is 0 Å². The second-order valence-electron chi connectivity index (χ2n) is 1.80. The summed E-state index contributed by atoms with van der Waals surface area (Å²) in [6, 6.07) is 1.26. The van der Waals surface area contributed by atoms with E-state index in [1.54, 1.807) is 0 Å². The van der Waals surface area contributed by atoms with Gasteiger partial charge in [-0.15, -0.1) is 0 Å². The van der Waals surface area contributed by atoms with Gasteiger partial charge in [0.1, 0.15) is 0 Å². The predicted octanol–water partition coefficient (Wildman–Crippen LogP) is -0.447. The van der Waals surface area contributed by atoms with Crippen LogP contribution in [0.25, 0.3) is 0 Å². The van der Waals surface area contributed by atoms with Crippen LogP contribution in [-0.4, -0.2) is 5.48 Å². The summed E-state index contributed by atoms with van der Waals surface area (Å²) in [5.41, 5.74) is 0. The first-order chi connectivity index (χ1) is 5.04. The molecule has 0 saturated heterocycles. The van der Waals surface area contributed by atoms with E-state index >= 15 is 0 Å². The van der Waals surface area contributed by atoms with Crippen molar-refractivity contribution in [1.29, 1.82) is 0 Å². The van der Waals surface area contributed by atoms with E-state index in [1.165, 1.54) is 6.07 Å². The summed E-state index contributed by atoms with van der Waals surface area (Å²) >= 11 is 22.0. The van der Waals surface area contributed by atoms with E-state index < -0.39 is 5.75 Å². The molecule has 1 aromatic carbocycles. The second kappa shape index (κ2) is 6.59. The van der Waals surface area contributed by atoms with Gasteiger partial charge in [0.25, 0.3) is 0 Å². The molecule has 0 fully saturated rings. The number of benzene rings is 1. The Balaban J connectivity index is 0. The Kier molecular flexibility index (Phi) is 8.40. The molecule has 0 saturated carbocycles. The van der Waals surface area contributed by atoms with Gasteiger partial charge in [0.15, 0.2) is 0 Å². The van der Waals surface area contributed by atoms with Crippen LogP contribution in [0.4, 0.5) is 0 Å². The van der Waals surface area contributed by atoms with E-state index in [1.807, 2.05) is 0 Å². The first-order valence-corrected chi connectivity index (χ1v) is 4.05. The maximum Gasteiger partial charge on any atom is 1.00 e. The molecule has 1 rings (SSSR count). The Bertz CT molecular complexity index is 279. The molecule has 0 unspecified atom stereocenters. The standard InChI is InChI=1S/C6H2Cl4O.Na.H2O/c7-2-1-3(8)6(11)5(10)4(2)9;;/h1,11H;;1H2/q;+1;/p-1. The molecule has 7 heteroatoms. The largest absolute Gasteiger partial charge is 1.00 e. The minimum absolute atomic E-state index is 0. The number of rotatable bonds is 0. The van der Waals surface area contributed by atoms with E-state index in [0.29, 0.717) is 0 Å². The van der Waals surface area contributed by atoms with Crippen LogP contribution in [-0.2, 0) is 0 Å². The number of hydrogen-bond acceptors (Lipinski definition) is 1. The van der Waals surface area contributed by atoms with Crippen LogP contribution in [0.2, 0.25) is 20.1 Å². The molecular weight excluding hydrogens is 269 g/mol. The first kappa shape index (κ1) is 16.6. The molecular formula is C6H3Cl4NaO2. The predicted molar refractivity (Wildman–Crippen MR) is 49.5 cm³/mol. The van der Waals surface area contributed by atoms with Gasteiger partial charge >= 0.3 is 29.6 Å². The van der Waals surface area contributed by atoms with Crippen LogP contribution in [0.1, 0.15) is 0 Å². The molecule has 0 spiro atoms. The van der Waals surface area contributed by atoms with Crippen LogP contribution >= 0.6 is 46.4 Å². The van der Waals surface area contributed by atoms with Crippen molar-refractivity contribution in [2.24, 2.45) is 0 Å². The van der Waals surface area contributed by atoms with Crippen LogP contribution in [0.5, 0.6) is 5.75 Å². The third-order valence-corrected chi connectivity index (χ3v) is 2.60. The van der Waals surface area contributed by atoms with Gasteiger partial charge in [-0.05, 0) is 6.07 Å². The Morgan fingerprint density at radius 1 is 0.923 bits per heavy atom. The van der Waals surface area contributed by atoms with Crippen molar-refractivity contribution >= 4 is 46.4 Å². The SMILES string of the molecule is O.[Na+].[O-]c1c(Cl)cc(Cl)c(Cl)c1Cl. The quantitative estimate of drug-likeness (QED) is 0.358. The molecule has 0 heterocycles. The van der Waals surface area contributed by atoms with Gasteiger partial charge < -0.3 is 10.6 Å². The fourth-order valence-corrected chi connectivity index (χ4v) is 1.45. The second-order valence-corrected chi connectivity index (χ2v) is 3.37. The van der Waals surface area contributed by atoms with E-state index in [-0.39, 0.29) is 55.1 Å². The van der Waals surface area contributed by atoms with Gasteiger partial charge in [0.2, 0.25) is 0 Å². The van der Waals surface area contributed by atoms with Crippen molar-refractivity contribution in [1.82, 2.24) is 0 Å². The third kappa shape index (κ3) is 3.65. The van der Waals surface area contributed by atoms with Crippen LogP contribution in [0.15, 0.2) is 6.07 Å². The molecule has 0 amide bonds. The topological polar surface area (TPSA) is 54.6 Å². The molecule has 0 aromatic heterocycles. The zero-order chi connectivity index (χ0) is 8.59. The molecule has 68 valence electrons. The Morgan fingerprint density at radius 3 is 1.85 bits per heavy atom. The number of halogens is 4. The third-order valence-electron chi connectivity index (χ3n) is 1.07. The van der Waals surface area contributed by atoms with Gasteiger partial charge in [-0.2, -0.15) is 0 Å². The van der Waals surface area contributed by atoms with Gasteiger partial charge in [-0.1, -0.05) is 52.2 Å². The summed E-state index contributed by atoms with van der Waals surface area (Å²) in [7, 11) is 0. The first-order valence-electron chi connectivity index (χ1n) is 2.54. The Hall–Kier alpha value is 1.14. The molecule has 2 nitrogen and oxygen atoms in total. The summed E-state index contributed by atoms with van der Waals surface area (Å²) in [6.45, 7) is 0. The van der Waals surface area contributed by atoms with Gasteiger partial charge in [0, 0.05) is 5.02 Å². The zero-order valence-electron chi connectivity index (χ0n) is 6.50. The minimum Gasteiger partial charge on any atom is -0.870 e. The maximum atomic E-state index is 10.9. The summed E-state index contributed by atoms with van der Waals surface area (Å²) in [4.78, 5) is 0. The zero-order valence-corrected chi connectivity index (χ0v) is 11.5. The van der Waals surface area contributed by atoms with Crippen LogP contribution in [0.3, 0.4) is 0 Å². The molecule has 1 aromatic rings. The summed E-state index contributed by atoms with van der Waals surface area (Å²) in [5, 5.41) is 11.0. The molecule has 0 aliphatic carbocycles. The maximum absolute atomic E-state index is 10.9. The summed E-state index contributed by atoms with van der Waals surface area (Å²) in [5.74, 6) is -0.497. The van der Waals surface area contributed by atoms with Crippen LogP contribution < -0.4 is 34.7 Å². The minimum atomic E-state index is -0.497. The molecule has 0 aliphatic rings. The van der Waals surface area contributed by atoms with Crippen LogP contribution in [0, 0.1) is 0 Å². The van der Waals surface area contributed by atoms with Crippen molar-refractivity contribution in [3.63, 3.8) is 0 Å². The fourth-order valence-electron chi connectivity index (χ4n) is 0.550. The van der Waals surface area contributed by atoms with E-state index in [9.17, 15) is 5.11 Å². The average Bonchev–Trinajstić information content (AvgIpc) is 1.97. The molecule has 0 radical (unpaired) electrons. The number of hydrogen-bond donors (Lipinski definition) is 0. The van der Waals surface area contributed by atoms with Crippen molar-refractivity contribution in [2.45, 2.75) is 0 Å². The van der Waals surface area contributed by atoms with Crippen molar-refractivity contribution in [3.05, 3.63) is 26.2 Å².